The van der Waals surface area contributed by atoms with Gasteiger partial charge in [-0.15, -0.1) is 0 Å². The number of hydrogen-bond acceptors (Lipinski definition) is 2. The smallest absolute Gasteiger partial charge is 0.123 e. The van der Waals surface area contributed by atoms with Gasteiger partial charge < -0.3 is 9.47 Å². The van der Waals surface area contributed by atoms with Gasteiger partial charge >= 0.3 is 0 Å². The number of unbranched alkanes of at least 4 members (excludes halogenated alkanes) is 1. The Labute approximate surface area is 91.5 Å². The van der Waals surface area contributed by atoms with E-state index in [1.54, 1.807) is 6.08 Å². The van der Waals surface area contributed by atoms with Crippen LogP contribution in [0.25, 0.3) is 0 Å². The summed E-state index contributed by atoms with van der Waals surface area (Å²) >= 11 is 0. The Kier molecular flexibility index (Phi) is 5.38. The Morgan fingerprint density at radius 3 is 2.67 bits per heavy atom. The van der Waals surface area contributed by atoms with E-state index in [2.05, 4.69) is 13.5 Å². The molecule has 0 atom stereocenters. The van der Waals surface area contributed by atoms with Crippen LogP contribution in [0.2, 0.25) is 0 Å². The maximum Gasteiger partial charge on any atom is 0.123 e. The standard InChI is InChI=1S/C13H18O2/c1-3-5-10-15-13-8-6-7-12(11-13)14-9-4-2/h4,6-8,11H,2-3,5,9-10H2,1H3. The van der Waals surface area contributed by atoms with Crippen LogP contribution in [0.3, 0.4) is 0 Å². The molecule has 0 saturated heterocycles. The van der Waals surface area contributed by atoms with Gasteiger partial charge in [0.15, 0.2) is 0 Å². The summed E-state index contributed by atoms with van der Waals surface area (Å²) in [5, 5.41) is 0. The Bertz CT molecular complexity index is 294. The van der Waals surface area contributed by atoms with Crippen LogP contribution in [-0.4, -0.2) is 13.2 Å². The van der Waals surface area contributed by atoms with E-state index in [0.29, 0.717) is 6.61 Å². The molecule has 0 radical (unpaired) electrons. The minimum absolute atomic E-state index is 0.526. The maximum absolute atomic E-state index is 5.56. The average Bonchev–Trinajstić information content (AvgIpc) is 2.27. The van der Waals surface area contributed by atoms with Gasteiger partial charge in [0.2, 0.25) is 0 Å². The molecule has 2 nitrogen and oxygen atoms in total. The Hall–Kier alpha value is -1.44. The SMILES string of the molecule is C=CCOc1cccc(OCCCC)c1. The predicted octanol–water partition coefficient (Wildman–Crippen LogP) is 3.43. The molecular formula is C13H18O2. The van der Waals surface area contributed by atoms with Crippen LogP contribution in [0, 0.1) is 0 Å². The number of rotatable bonds is 7. The summed E-state index contributed by atoms with van der Waals surface area (Å²) in [6, 6.07) is 7.69. The molecule has 1 aromatic rings. The molecule has 0 aliphatic carbocycles. The van der Waals surface area contributed by atoms with Crippen molar-refractivity contribution in [3.8, 4) is 11.5 Å². The second kappa shape index (κ2) is 6.93. The summed E-state index contributed by atoms with van der Waals surface area (Å²) in [5.74, 6) is 1.69. The second-order valence-electron chi connectivity index (χ2n) is 3.28. The van der Waals surface area contributed by atoms with Crippen LogP contribution in [0.1, 0.15) is 19.8 Å². The van der Waals surface area contributed by atoms with Crippen LogP contribution in [-0.2, 0) is 0 Å². The fourth-order valence-corrected chi connectivity index (χ4v) is 1.14. The molecule has 0 fully saturated rings. The van der Waals surface area contributed by atoms with E-state index in [1.165, 1.54) is 0 Å². The van der Waals surface area contributed by atoms with Crippen LogP contribution in [0.4, 0.5) is 0 Å². The van der Waals surface area contributed by atoms with Gasteiger partial charge in [0.1, 0.15) is 18.1 Å². The zero-order valence-electron chi connectivity index (χ0n) is 9.24. The lowest BCUT2D eigenvalue weighted by atomic mass is 10.3. The molecule has 0 aromatic heterocycles. The Morgan fingerprint density at radius 2 is 2.00 bits per heavy atom. The molecule has 0 aliphatic rings. The van der Waals surface area contributed by atoms with E-state index in [-0.39, 0.29) is 0 Å². The van der Waals surface area contributed by atoms with E-state index >= 15 is 0 Å². The summed E-state index contributed by atoms with van der Waals surface area (Å²) in [7, 11) is 0. The summed E-state index contributed by atoms with van der Waals surface area (Å²) in [5.41, 5.74) is 0. The van der Waals surface area contributed by atoms with E-state index in [4.69, 9.17) is 9.47 Å². The number of hydrogen-bond donors (Lipinski definition) is 0. The van der Waals surface area contributed by atoms with Gasteiger partial charge in [-0.25, -0.2) is 0 Å². The molecule has 82 valence electrons. The highest BCUT2D eigenvalue weighted by molar-refractivity contribution is 5.32. The van der Waals surface area contributed by atoms with Crippen molar-refractivity contribution >= 4 is 0 Å². The molecule has 0 N–H and O–H groups in total. The Morgan fingerprint density at radius 1 is 1.27 bits per heavy atom. The van der Waals surface area contributed by atoms with Crippen molar-refractivity contribution in [1.82, 2.24) is 0 Å². The zero-order valence-corrected chi connectivity index (χ0v) is 9.24. The lowest BCUT2D eigenvalue weighted by molar-refractivity contribution is 0.305. The Balaban J connectivity index is 2.46. The molecule has 1 aromatic carbocycles. The topological polar surface area (TPSA) is 18.5 Å². The van der Waals surface area contributed by atoms with Gasteiger partial charge in [0, 0.05) is 6.07 Å². The summed E-state index contributed by atoms with van der Waals surface area (Å²) in [6.45, 7) is 7.04. The van der Waals surface area contributed by atoms with Crippen molar-refractivity contribution in [1.29, 1.82) is 0 Å². The number of ether oxygens (including phenoxy) is 2. The fourth-order valence-electron chi connectivity index (χ4n) is 1.14. The highest BCUT2D eigenvalue weighted by Gasteiger charge is 1.96. The molecule has 0 unspecified atom stereocenters. The van der Waals surface area contributed by atoms with E-state index in [1.807, 2.05) is 24.3 Å². The van der Waals surface area contributed by atoms with Gasteiger partial charge in [-0.3, -0.25) is 0 Å². The fraction of sp³-hybridized carbons (Fsp3) is 0.385. The third kappa shape index (κ3) is 4.54. The van der Waals surface area contributed by atoms with Crippen molar-refractivity contribution in [2.45, 2.75) is 19.8 Å². The molecule has 0 heterocycles. The van der Waals surface area contributed by atoms with Gasteiger partial charge in [0.25, 0.3) is 0 Å². The molecule has 1 rings (SSSR count). The second-order valence-corrected chi connectivity index (χ2v) is 3.28. The minimum Gasteiger partial charge on any atom is -0.493 e. The van der Waals surface area contributed by atoms with E-state index in [9.17, 15) is 0 Å². The lowest BCUT2D eigenvalue weighted by Gasteiger charge is -2.07. The van der Waals surface area contributed by atoms with Crippen molar-refractivity contribution in [3.05, 3.63) is 36.9 Å². The van der Waals surface area contributed by atoms with Gasteiger partial charge in [-0.2, -0.15) is 0 Å². The highest BCUT2D eigenvalue weighted by atomic mass is 16.5. The molecule has 0 saturated carbocycles. The quantitative estimate of drug-likeness (QED) is 0.502. The number of benzene rings is 1. The first kappa shape index (κ1) is 11.6. The molecule has 0 amide bonds. The molecule has 0 spiro atoms. The third-order valence-corrected chi connectivity index (χ3v) is 1.94. The van der Waals surface area contributed by atoms with Gasteiger partial charge in [-0.1, -0.05) is 32.1 Å². The zero-order chi connectivity index (χ0) is 10.9. The molecule has 2 heteroatoms. The monoisotopic (exact) mass is 206 g/mol. The van der Waals surface area contributed by atoms with Crippen LogP contribution < -0.4 is 9.47 Å². The van der Waals surface area contributed by atoms with Crippen molar-refractivity contribution < 1.29 is 9.47 Å². The maximum atomic E-state index is 5.56. The van der Waals surface area contributed by atoms with Crippen LogP contribution in [0.5, 0.6) is 11.5 Å². The third-order valence-electron chi connectivity index (χ3n) is 1.94. The predicted molar refractivity (Wildman–Crippen MR) is 62.5 cm³/mol. The molecule has 0 bridgehead atoms. The van der Waals surface area contributed by atoms with Crippen LogP contribution >= 0.6 is 0 Å². The largest absolute Gasteiger partial charge is 0.493 e. The average molecular weight is 206 g/mol. The van der Waals surface area contributed by atoms with Crippen molar-refractivity contribution in [2.75, 3.05) is 13.2 Å². The first-order chi connectivity index (χ1) is 7.36. The first-order valence-corrected chi connectivity index (χ1v) is 5.33. The molecule has 0 aliphatic heterocycles. The van der Waals surface area contributed by atoms with Gasteiger partial charge in [0.05, 0.1) is 6.61 Å². The van der Waals surface area contributed by atoms with Crippen molar-refractivity contribution in [2.24, 2.45) is 0 Å². The van der Waals surface area contributed by atoms with E-state index in [0.717, 1.165) is 30.9 Å². The van der Waals surface area contributed by atoms with E-state index < -0.39 is 0 Å². The normalized spacial score (nSPS) is 9.67. The molecular weight excluding hydrogens is 188 g/mol. The van der Waals surface area contributed by atoms with Gasteiger partial charge in [-0.05, 0) is 18.6 Å². The highest BCUT2D eigenvalue weighted by Crippen LogP contribution is 2.19. The summed E-state index contributed by atoms with van der Waals surface area (Å²) in [6.07, 6.45) is 3.95. The summed E-state index contributed by atoms with van der Waals surface area (Å²) < 4.78 is 11.0. The summed E-state index contributed by atoms with van der Waals surface area (Å²) in [4.78, 5) is 0. The van der Waals surface area contributed by atoms with Crippen LogP contribution in [0.15, 0.2) is 36.9 Å². The molecule has 15 heavy (non-hydrogen) atoms. The minimum atomic E-state index is 0.526. The first-order valence-electron chi connectivity index (χ1n) is 5.33. The van der Waals surface area contributed by atoms with Crippen molar-refractivity contribution in [3.63, 3.8) is 0 Å². The lowest BCUT2D eigenvalue weighted by Crippen LogP contribution is -1.97.